The molecule has 122 valence electrons. The zero-order chi connectivity index (χ0) is 16.5. The van der Waals surface area contributed by atoms with E-state index in [-0.39, 0.29) is 41.5 Å². The molecule has 0 unspecified atom stereocenters. The summed E-state index contributed by atoms with van der Waals surface area (Å²) in [6.07, 6.45) is -7.31. The monoisotopic (exact) mass is 385 g/mol. The third-order valence-corrected chi connectivity index (χ3v) is 4.45. The van der Waals surface area contributed by atoms with Crippen molar-refractivity contribution in [3.05, 3.63) is 33.8 Å². The van der Waals surface area contributed by atoms with Gasteiger partial charge in [0.2, 0.25) is 0 Å². The zero-order valence-electron chi connectivity index (χ0n) is 11.3. The van der Waals surface area contributed by atoms with E-state index in [2.05, 4.69) is 15.9 Å². The van der Waals surface area contributed by atoms with Crippen LogP contribution in [0.4, 0.5) is 22.0 Å². The van der Waals surface area contributed by atoms with E-state index in [1.54, 1.807) is 0 Å². The number of piperidine rings is 1. The van der Waals surface area contributed by atoms with E-state index >= 15 is 0 Å². The second-order valence-corrected chi connectivity index (χ2v) is 6.00. The van der Waals surface area contributed by atoms with Crippen LogP contribution in [0.3, 0.4) is 0 Å². The van der Waals surface area contributed by atoms with Crippen molar-refractivity contribution in [2.24, 2.45) is 5.92 Å². The minimum atomic E-state index is -4.25. The SMILES string of the molecule is O=C(c1ccc(Br)c(C(F)F)c1)N1CCC(C(F)(F)F)CC1. The number of nitrogens with zero attached hydrogens (tertiary/aromatic N) is 1. The van der Waals surface area contributed by atoms with Crippen LogP contribution in [0.25, 0.3) is 0 Å². The van der Waals surface area contributed by atoms with Crippen LogP contribution in [0.15, 0.2) is 22.7 Å². The summed E-state index contributed by atoms with van der Waals surface area (Å²) in [5.74, 6) is -1.92. The van der Waals surface area contributed by atoms with Gasteiger partial charge in [-0.2, -0.15) is 13.2 Å². The van der Waals surface area contributed by atoms with Crippen molar-refractivity contribution in [1.29, 1.82) is 0 Å². The minimum absolute atomic E-state index is 0.0247. The molecule has 8 heteroatoms. The van der Waals surface area contributed by atoms with E-state index in [4.69, 9.17) is 0 Å². The lowest BCUT2D eigenvalue weighted by Crippen LogP contribution is -2.42. The van der Waals surface area contributed by atoms with E-state index < -0.39 is 24.4 Å². The van der Waals surface area contributed by atoms with Gasteiger partial charge in [-0.25, -0.2) is 8.78 Å². The van der Waals surface area contributed by atoms with Crippen molar-refractivity contribution < 1.29 is 26.7 Å². The van der Waals surface area contributed by atoms with Crippen LogP contribution in [0.1, 0.15) is 35.2 Å². The molecule has 0 spiro atoms. The summed E-state index contributed by atoms with van der Waals surface area (Å²) in [7, 11) is 0. The van der Waals surface area contributed by atoms with Gasteiger partial charge in [0.25, 0.3) is 12.3 Å². The number of amides is 1. The fourth-order valence-corrected chi connectivity index (χ4v) is 2.86. The molecule has 0 N–H and O–H groups in total. The molecule has 1 aliphatic heterocycles. The third-order valence-electron chi connectivity index (χ3n) is 3.72. The molecule has 1 saturated heterocycles. The molecule has 1 aromatic carbocycles. The summed E-state index contributed by atoms with van der Waals surface area (Å²) >= 11 is 2.98. The first kappa shape index (κ1) is 17.2. The lowest BCUT2D eigenvalue weighted by Gasteiger charge is -2.33. The fourth-order valence-electron chi connectivity index (χ4n) is 2.44. The minimum Gasteiger partial charge on any atom is -0.339 e. The Morgan fingerprint density at radius 2 is 1.82 bits per heavy atom. The number of hydrogen-bond acceptors (Lipinski definition) is 1. The molecule has 1 amide bonds. The molecule has 0 radical (unpaired) electrons. The average molecular weight is 386 g/mol. The van der Waals surface area contributed by atoms with Gasteiger partial charge in [-0.1, -0.05) is 15.9 Å². The van der Waals surface area contributed by atoms with E-state index in [0.29, 0.717) is 0 Å². The first-order chi connectivity index (χ1) is 10.2. The topological polar surface area (TPSA) is 20.3 Å². The van der Waals surface area contributed by atoms with Gasteiger partial charge in [-0.3, -0.25) is 4.79 Å². The standard InChI is InChI=1S/C14H13BrF5NO/c15-11-2-1-8(7-10(11)12(16)17)13(22)21-5-3-9(4-6-21)14(18,19)20/h1-2,7,9,12H,3-6H2. The maximum atomic E-state index is 12.8. The van der Waals surface area contributed by atoms with Crippen molar-refractivity contribution in [3.63, 3.8) is 0 Å². The Bertz CT molecular complexity index is 553. The Morgan fingerprint density at radius 3 is 2.32 bits per heavy atom. The molecular formula is C14H13BrF5NO. The van der Waals surface area contributed by atoms with Crippen LogP contribution >= 0.6 is 15.9 Å². The number of carbonyl (C=O) groups excluding carboxylic acids is 1. The fraction of sp³-hybridized carbons (Fsp3) is 0.500. The zero-order valence-corrected chi connectivity index (χ0v) is 12.9. The van der Waals surface area contributed by atoms with E-state index in [9.17, 15) is 26.7 Å². The van der Waals surface area contributed by atoms with Crippen LogP contribution in [-0.2, 0) is 0 Å². The third kappa shape index (κ3) is 3.77. The first-order valence-electron chi connectivity index (χ1n) is 6.63. The van der Waals surface area contributed by atoms with Crippen molar-refractivity contribution in [1.82, 2.24) is 4.90 Å². The molecule has 22 heavy (non-hydrogen) atoms. The van der Waals surface area contributed by atoms with Gasteiger partial charge in [0, 0.05) is 28.7 Å². The second kappa shape index (κ2) is 6.52. The Kier molecular flexibility index (Phi) is 5.09. The molecule has 1 heterocycles. The number of carbonyl (C=O) groups is 1. The van der Waals surface area contributed by atoms with Gasteiger partial charge in [0.15, 0.2) is 0 Å². The van der Waals surface area contributed by atoms with Gasteiger partial charge in [-0.15, -0.1) is 0 Å². The second-order valence-electron chi connectivity index (χ2n) is 5.15. The van der Waals surface area contributed by atoms with Crippen molar-refractivity contribution in [2.75, 3.05) is 13.1 Å². The first-order valence-corrected chi connectivity index (χ1v) is 7.43. The summed E-state index contributed by atoms with van der Waals surface area (Å²) in [4.78, 5) is 13.5. The number of alkyl halides is 5. The van der Waals surface area contributed by atoms with E-state index in [0.717, 1.165) is 6.07 Å². The van der Waals surface area contributed by atoms with E-state index in [1.165, 1.54) is 17.0 Å². The average Bonchev–Trinajstić information content (AvgIpc) is 2.46. The van der Waals surface area contributed by atoms with Gasteiger partial charge in [0.05, 0.1) is 5.92 Å². The molecule has 1 fully saturated rings. The lowest BCUT2D eigenvalue weighted by molar-refractivity contribution is -0.183. The maximum Gasteiger partial charge on any atom is 0.391 e. The van der Waals surface area contributed by atoms with Crippen LogP contribution < -0.4 is 0 Å². The van der Waals surface area contributed by atoms with Gasteiger partial charge in [0.1, 0.15) is 0 Å². The summed E-state index contributed by atoms with van der Waals surface area (Å²) in [5, 5.41) is 0. The predicted octanol–water partition coefficient (Wildman–Crippen LogP) is 4.80. The van der Waals surface area contributed by atoms with E-state index in [1.807, 2.05) is 0 Å². The van der Waals surface area contributed by atoms with Crippen LogP contribution in [0.5, 0.6) is 0 Å². The Morgan fingerprint density at radius 1 is 1.23 bits per heavy atom. The highest BCUT2D eigenvalue weighted by atomic mass is 79.9. The molecule has 0 atom stereocenters. The normalized spacial score (nSPS) is 17.1. The molecular weight excluding hydrogens is 373 g/mol. The maximum absolute atomic E-state index is 12.8. The summed E-state index contributed by atoms with van der Waals surface area (Å²) in [5.41, 5.74) is -0.250. The highest BCUT2D eigenvalue weighted by molar-refractivity contribution is 9.10. The molecule has 0 aliphatic carbocycles. The molecule has 0 bridgehead atoms. The Labute approximate surface area is 132 Å². The van der Waals surface area contributed by atoms with Gasteiger partial charge in [-0.05, 0) is 31.0 Å². The van der Waals surface area contributed by atoms with Crippen molar-refractivity contribution >= 4 is 21.8 Å². The number of likely N-dealkylation sites (tertiary alicyclic amines) is 1. The Balaban J connectivity index is 2.09. The number of benzene rings is 1. The largest absolute Gasteiger partial charge is 0.391 e. The molecule has 2 rings (SSSR count). The predicted molar refractivity (Wildman–Crippen MR) is 73.8 cm³/mol. The smallest absolute Gasteiger partial charge is 0.339 e. The molecule has 0 saturated carbocycles. The number of rotatable bonds is 2. The number of hydrogen-bond donors (Lipinski definition) is 0. The molecule has 0 aromatic heterocycles. The van der Waals surface area contributed by atoms with Gasteiger partial charge >= 0.3 is 6.18 Å². The molecule has 2 nitrogen and oxygen atoms in total. The van der Waals surface area contributed by atoms with Crippen molar-refractivity contribution in [2.45, 2.75) is 25.4 Å². The highest BCUT2D eigenvalue weighted by Gasteiger charge is 2.41. The van der Waals surface area contributed by atoms with Crippen LogP contribution in [0, 0.1) is 5.92 Å². The Hall–Kier alpha value is -1.18. The molecule has 1 aromatic rings. The lowest BCUT2D eigenvalue weighted by atomic mass is 9.95. The number of halogens is 6. The summed E-state index contributed by atoms with van der Waals surface area (Å²) in [6, 6.07) is 3.80. The van der Waals surface area contributed by atoms with Crippen LogP contribution in [0.2, 0.25) is 0 Å². The van der Waals surface area contributed by atoms with Crippen LogP contribution in [-0.4, -0.2) is 30.1 Å². The highest BCUT2D eigenvalue weighted by Crippen LogP contribution is 2.35. The van der Waals surface area contributed by atoms with Gasteiger partial charge < -0.3 is 4.90 Å². The molecule has 1 aliphatic rings. The summed E-state index contributed by atoms with van der Waals surface area (Å²) in [6.45, 7) is -0.0494. The summed E-state index contributed by atoms with van der Waals surface area (Å²) < 4.78 is 63.6. The quantitative estimate of drug-likeness (QED) is 0.669. The van der Waals surface area contributed by atoms with Crippen molar-refractivity contribution in [3.8, 4) is 0 Å².